The van der Waals surface area contributed by atoms with Crippen molar-refractivity contribution < 1.29 is 14.3 Å². The number of anilines is 2. The number of benzene rings is 2. The molecule has 22 heavy (non-hydrogen) atoms. The molecule has 0 aliphatic heterocycles. The molecule has 5 nitrogen and oxygen atoms in total. The van der Waals surface area contributed by atoms with E-state index in [1.54, 1.807) is 31.4 Å². The standard InChI is InChI=1S/C17H18N2O3/c1-21-14-7-3-12(4-8-14)5-10-17(20)19-15-11-13(18)6-9-16(15)22-2/h3-11H,18H2,1-2H3,(H,19,20)/b10-5+. The van der Waals surface area contributed by atoms with Gasteiger partial charge in [-0.25, -0.2) is 0 Å². The van der Waals surface area contributed by atoms with E-state index in [1.807, 2.05) is 24.3 Å². The average molecular weight is 298 g/mol. The van der Waals surface area contributed by atoms with Crippen molar-refractivity contribution in [1.29, 1.82) is 0 Å². The van der Waals surface area contributed by atoms with Crippen molar-refractivity contribution in [1.82, 2.24) is 0 Å². The van der Waals surface area contributed by atoms with Gasteiger partial charge in [0.05, 0.1) is 19.9 Å². The molecule has 0 atom stereocenters. The molecule has 0 aliphatic rings. The SMILES string of the molecule is COc1ccc(/C=C/C(=O)Nc2cc(N)ccc2OC)cc1. The minimum Gasteiger partial charge on any atom is -0.497 e. The maximum atomic E-state index is 12.0. The molecule has 114 valence electrons. The summed E-state index contributed by atoms with van der Waals surface area (Å²) >= 11 is 0. The van der Waals surface area contributed by atoms with E-state index >= 15 is 0 Å². The van der Waals surface area contributed by atoms with Crippen LogP contribution < -0.4 is 20.5 Å². The van der Waals surface area contributed by atoms with Gasteiger partial charge in [-0.3, -0.25) is 4.79 Å². The lowest BCUT2D eigenvalue weighted by molar-refractivity contribution is -0.111. The number of nitrogens with one attached hydrogen (secondary N) is 1. The molecule has 0 saturated carbocycles. The summed E-state index contributed by atoms with van der Waals surface area (Å²) in [6, 6.07) is 12.5. The highest BCUT2D eigenvalue weighted by Crippen LogP contribution is 2.26. The van der Waals surface area contributed by atoms with E-state index in [1.165, 1.54) is 13.2 Å². The van der Waals surface area contributed by atoms with Gasteiger partial charge in [-0.2, -0.15) is 0 Å². The van der Waals surface area contributed by atoms with Crippen LogP contribution in [0, 0.1) is 0 Å². The van der Waals surface area contributed by atoms with Gasteiger partial charge >= 0.3 is 0 Å². The molecule has 0 heterocycles. The molecule has 0 saturated heterocycles. The van der Waals surface area contributed by atoms with Gasteiger partial charge in [0.15, 0.2) is 0 Å². The molecule has 0 fully saturated rings. The summed E-state index contributed by atoms with van der Waals surface area (Å²) in [5.74, 6) is 1.06. The van der Waals surface area contributed by atoms with Crippen LogP contribution in [0.4, 0.5) is 11.4 Å². The zero-order chi connectivity index (χ0) is 15.9. The molecule has 0 spiro atoms. The lowest BCUT2D eigenvalue weighted by Gasteiger charge is -2.09. The van der Waals surface area contributed by atoms with E-state index in [2.05, 4.69) is 5.32 Å². The van der Waals surface area contributed by atoms with Crippen molar-refractivity contribution in [2.24, 2.45) is 0 Å². The number of hydrogen-bond acceptors (Lipinski definition) is 4. The highest BCUT2D eigenvalue weighted by molar-refractivity contribution is 6.03. The third-order valence-electron chi connectivity index (χ3n) is 3.02. The Balaban J connectivity index is 2.06. The smallest absolute Gasteiger partial charge is 0.248 e. The number of rotatable bonds is 5. The van der Waals surface area contributed by atoms with Gasteiger partial charge in [0.1, 0.15) is 11.5 Å². The lowest BCUT2D eigenvalue weighted by atomic mass is 10.2. The van der Waals surface area contributed by atoms with Crippen LogP contribution in [0.1, 0.15) is 5.56 Å². The lowest BCUT2D eigenvalue weighted by Crippen LogP contribution is -2.09. The third-order valence-corrected chi connectivity index (χ3v) is 3.02. The summed E-state index contributed by atoms with van der Waals surface area (Å²) < 4.78 is 10.3. The molecular weight excluding hydrogens is 280 g/mol. The Morgan fingerprint density at radius 2 is 1.82 bits per heavy atom. The minimum absolute atomic E-state index is 0.264. The van der Waals surface area contributed by atoms with Gasteiger partial charge < -0.3 is 20.5 Å². The summed E-state index contributed by atoms with van der Waals surface area (Å²) in [6.45, 7) is 0. The predicted octanol–water partition coefficient (Wildman–Crippen LogP) is 2.94. The first kappa shape index (κ1) is 15.4. The average Bonchev–Trinajstić information content (AvgIpc) is 2.53. The summed E-state index contributed by atoms with van der Waals surface area (Å²) in [6.07, 6.45) is 3.16. The van der Waals surface area contributed by atoms with Gasteiger partial charge in [-0.1, -0.05) is 12.1 Å². The maximum Gasteiger partial charge on any atom is 0.248 e. The van der Waals surface area contributed by atoms with E-state index in [0.29, 0.717) is 17.1 Å². The number of amides is 1. The maximum absolute atomic E-state index is 12.0. The van der Waals surface area contributed by atoms with E-state index in [9.17, 15) is 4.79 Å². The number of nitrogen functional groups attached to an aromatic ring is 1. The molecule has 5 heteroatoms. The molecule has 0 aliphatic carbocycles. The summed E-state index contributed by atoms with van der Waals surface area (Å²) in [5, 5.41) is 2.74. The molecular formula is C17H18N2O3. The first-order chi connectivity index (χ1) is 10.6. The van der Waals surface area contributed by atoms with Crippen LogP contribution in [0.3, 0.4) is 0 Å². The molecule has 1 amide bonds. The van der Waals surface area contributed by atoms with Gasteiger partial charge in [-0.05, 0) is 42.0 Å². The van der Waals surface area contributed by atoms with Crippen LogP contribution in [-0.4, -0.2) is 20.1 Å². The zero-order valence-corrected chi connectivity index (χ0v) is 12.5. The molecule has 0 unspecified atom stereocenters. The van der Waals surface area contributed by atoms with Crippen LogP contribution in [0.5, 0.6) is 11.5 Å². The van der Waals surface area contributed by atoms with Gasteiger partial charge in [0.25, 0.3) is 0 Å². The molecule has 3 N–H and O–H groups in total. The largest absolute Gasteiger partial charge is 0.497 e. The van der Waals surface area contributed by atoms with E-state index < -0.39 is 0 Å². The second-order valence-electron chi connectivity index (χ2n) is 4.56. The van der Waals surface area contributed by atoms with E-state index in [0.717, 1.165) is 11.3 Å². The Kier molecular flexibility index (Phi) is 5.03. The van der Waals surface area contributed by atoms with E-state index in [4.69, 9.17) is 15.2 Å². The van der Waals surface area contributed by atoms with E-state index in [-0.39, 0.29) is 5.91 Å². The molecule has 2 aromatic carbocycles. The summed E-state index contributed by atoms with van der Waals surface area (Å²) in [4.78, 5) is 12.0. The Morgan fingerprint density at radius 1 is 1.09 bits per heavy atom. The Hall–Kier alpha value is -2.95. The summed E-state index contributed by atoms with van der Waals surface area (Å²) in [5.41, 5.74) is 7.70. The monoisotopic (exact) mass is 298 g/mol. The number of hydrogen-bond donors (Lipinski definition) is 2. The predicted molar refractivity (Wildman–Crippen MR) is 88.1 cm³/mol. The fourth-order valence-electron chi connectivity index (χ4n) is 1.88. The first-order valence-corrected chi connectivity index (χ1v) is 6.69. The van der Waals surface area contributed by atoms with Crippen molar-refractivity contribution in [3.63, 3.8) is 0 Å². The quantitative estimate of drug-likeness (QED) is 0.657. The highest BCUT2D eigenvalue weighted by atomic mass is 16.5. The number of ether oxygens (including phenoxy) is 2. The zero-order valence-electron chi connectivity index (χ0n) is 12.5. The molecule has 0 aromatic heterocycles. The molecule has 2 rings (SSSR count). The minimum atomic E-state index is -0.264. The van der Waals surface area contributed by atoms with Crippen LogP contribution in [0.25, 0.3) is 6.08 Å². The normalized spacial score (nSPS) is 10.5. The van der Waals surface area contributed by atoms with Crippen molar-refractivity contribution >= 4 is 23.4 Å². The molecule has 0 radical (unpaired) electrons. The van der Waals surface area contributed by atoms with Gasteiger partial charge in [0, 0.05) is 11.8 Å². The van der Waals surface area contributed by atoms with Crippen molar-refractivity contribution in [2.45, 2.75) is 0 Å². The van der Waals surface area contributed by atoms with Crippen LogP contribution in [0.15, 0.2) is 48.5 Å². The third kappa shape index (κ3) is 4.02. The Labute approximate surface area is 129 Å². The highest BCUT2D eigenvalue weighted by Gasteiger charge is 2.05. The second-order valence-corrected chi connectivity index (χ2v) is 4.56. The Bertz CT molecular complexity index is 679. The van der Waals surface area contributed by atoms with Crippen LogP contribution in [0.2, 0.25) is 0 Å². The topological polar surface area (TPSA) is 73.6 Å². The summed E-state index contributed by atoms with van der Waals surface area (Å²) in [7, 11) is 3.14. The Morgan fingerprint density at radius 3 is 2.45 bits per heavy atom. The number of methoxy groups -OCH3 is 2. The fraction of sp³-hybridized carbons (Fsp3) is 0.118. The number of carbonyl (C=O) groups is 1. The van der Waals surface area contributed by atoms with Crippen LogP contribution in [-0.2, 0) is 4.79 Å². The van der Waals surface area contributed by atoms with Crippen molar-refractivity contribution in [2.75, 3.05) is 25.3 Å². The van der Waals surface area contributed by atoms with Crippen LogP contribution >= 0.6 is 0 Å². The first-order valence-electron chi connectivity index (χ1n) is 6.69. The van der Waals surface area contributed by atoms with Gasteiger partial charge in [0.2, 0.25) is 5.91 Å². The molecule has 2 aromatic rings. The molecule has 0 bridgehead atoms. The second kappa shape index (κ2) is 7.17. The van der Waals surface area contributed by atoms with Gasteiger partial charge in [-0.15, -0.1) is 0 Å². The number of nitrogens with two attached hydrogens (primary N) is 1. The fourth-order valence-corrected chi connectivity index (χ4v) is 1.88. The van der Waals surface area contributed by atoms with Crippen molar-refractivity contribution in [3.8, 4) is 11.5 Å². The van der Waals surface area contributed by atoms with Crippen molar-refractivity contribution in [3.05, 3.63) is 54.1 Å². The number of carbonyl (C=O) groups excluding carboxylic acids is 1.